The van der Waals surface area contributed by atoms with E-state index in [1.807, 2.05) is 12.1 Å². The van der Waals surface area contributed by atoms with Crippen LogP contribution >= 0.6 is 0 Å². The Kier molecular flexibility index (Phi) is 2.31. The summed E-state index contributed by atoms with van der Waals surface area (Å²) in [4.78, 5) is 0. The lowest BCUT2D eigenvalue weighted by Crippen LogP contribution is -1.88. The molecule has 0 aliphatic heterocycles. The third-order valence-electron chi connectivity index (χ3n) is 3.76. The molecule has 3 aromatic rings. The second kappa shape index (κ2) is 4.13. The molecule has 0 unspecified atom stereocenters. The summed E-state index contributed by atoms with van der Waals surface area (Å²) in [5, 5.41) is 2.41. The van der Waals surface area contributed by atoms with Crippen molar-refractivity contribution in [2.75, 3.05) is 0 Å². The third-order valence-corrected chi connectivity index (χ3v) is 3.76. The lowest BCUT2D eigenvalue weighted by atomic mass is 9.96. The maximum absolute atomic E-state index is 6.07. The standard InChI is InChI=1S/C18H14O/c1-2-7-13(8-3-1)14-10-6-11-16-15-9-4-5-12-17(15)19-18(14)16/h1-2,4-7,9-12H,3,8H2. The van der Waals surface area contributed by atoms with E-state index in [1.54, 1.807) is 0 Å². The summed E-state index contributed by atoms with van der Waals surface area (Å²) in [7, 11) is 0. The predicted molar refractivity (Wildman–Crippen MR) is 80.1 cm³/mol. The summed E-state index contributed by atoms with van der Waals surface area (Å²) in [6.07, 6.45) is 8.75. The highest BCUT2D eigenvalue weighted by atomic mass is 16.3. The first kappa shape index (κ1) is 10.6. The average Bonchev–Trinajstić information content (AvgIpc) is 2.87. The minimum atomic E-state index is 0.969. The molecule has 1 heterocycles. The SMILES string of the molecule is C1=CCCC(c2cccc3c2oc2ccccc23)=C1. The van der Waals surface area contributed by atoms with E-state index >= 15 is 0 Å². The number of allylic oxidation sites excluding steroid dienone is 4. The van der Waals surface area contributed by atoms with E-state index < -0.39 is 0 Å². The molecule has 1 nitrogen and oxygen atoms in total. The number of para-hydroxylation sites is 2. The molecule has 0 fully saturated rings. The van der Waals surface area contributed by atoms with Crippen molar-refractivity contribution in [3.8, 4) is 0 Å². The van der Waals surface area contributed by atoms with Crippen molar-refractivity contribution in [2.45, 2.75) is 12.8 Å². The molecule has 1 heteroatoms. The van der Waals surface area contributed by atoms with E-state index in [1.165, 1.54) is 21.9 Å². The molecule has 2 aromatic carbocycles. The van der Waals surface area contributed by atoms with Gasteiger partial charge in [-0.2, -0.15) is 0 Å². The molecule has 1 aromatic heterocycles. The summed E-state index contributed by atoms with van der Waals surface area (Å²) in [6.45, 7) is 0. The Balaban J connectivity index is 2.06. The minimum absolute atomic E-state index is 0.969. The second-order valence-corrected chi connectivity index (χ2v) is 4.94. The Labute approximate surface area is 111 Å². The molecule has 1 aliphatic rings. The molecule has 0 saturated carbocycles. The third kappa shape index (κ3) is 1.62. The van der Waals surface area contributed by atoms with Crippen molar-refractivity contribution in [1.82, 2.24) is 0 Å². The van der Waals surface area contributed by atoms with Crippen LogP contribution in [-0.2, 0) is 0 Å². The molecule has 4 rings (SSSR count). The first-order chi connectivity index (χ1) is 9.43. The Morgan fingerprint density at radius 3 is 2.68 bits per heavy atom. The van der Waals surface area contributed by atoms with Crippen LogP contribution in [-0.4, -0.2) is 0 Å². The van der Waals surface area contributed by atoms with Gasteiger partial charge in [0.1, 0.15) is 11.2 Å². The molecule has 0 saturated heterocycles. The van der Waals surface area contributed by atoms with Crippen molar-refractivity contribution in [2.24, 2.45) is 0 Å². The fraction of sp³-hybridized carbons (Fsp3) is 0.111. The van der Waals surface area contributed by atoms with Gasteiger partial charge in [0, 0.05) is 16.3 Å². The lowest BCUT2D eigenvalue weighted by Gasteiger charge is -2.09. The quantitative estimate of drug-likeness (QED) is 0.566. The van der Waals surface area contributed by atoms with Crippen molar-refractivity contribution >= 4 is 27.5 Å². The number of benzene rings is 2. The Hall–Kier alpha value is -2.28. The van der Waals surface area contributed by atoms with Crippen molar-refractivity contribution in [3.05, 3.63) is 66.3 Å². The lowest BCUT2D eigenvalue weighted by molar-refractivity contribution is 0.667. The zero-order valence-electron chi connectivity index (χ0n) is 10.6. The molecular formula is C18H14O. The van der Waals surface area contributed by atoms with Gasteiger partial charge in [-0.05, 0) is 24.5 Å². The van der Waals surface area contributed by atoms with E-state index in [4.69, 9.17) is 4.42 Å². The van der Waals surface area contributed by atoms with Gasteiger partial charge in [-0.1, -0.05) is 54.6 Å². The van der Waals surface area contributed by atoms with Gasteiger partial charge in [0.05, 0.1) is 0 Å². The highest BCUT2D eigenvalue weighted by Gasteiger charge is 2.13. The number of rotatable bonds is 1. The summed E-state index contributed by atoms with van der Waals surface area (Å²) in [5.41, 5.74) is 4.59. The van der Waals surface area contributed by atoms with Gasteiger partial charge in [-0.25, -0.2) is 0 Å². The van der Waals surface area contributed by atoms with E-state index in [-0.39, 0.29) is 0 Å². The van der Waals surface area contributed by atoms with Gasteiger partial charge in [-0.3, -0.25) is 0 Å². The maximum Gasteiger partial charge on any atom is 0.142 e. The molecule has 19 heavy (non-hydrogen) atoms. The number of furan rings is 1. The van der Waals surface area contributed by atoms with Gasteiger partial charge in [0.25, 0.3) is 0 Å². The molecule has 0 amide bonds. The van der Waals surface area contributed by atoms with Gasteiger partial charge >= 0.3 is 0 Å². The zero-order chi connectivity index (χ0) is 12.7. The summed E-state index contributed by atoms with van der Waals surface area (Å²) in [5.74, 6) is 0. The van der Waals surface area contributed by atoms with Crippen LogP contribution in [0.3, 0.4) is 0 Å². The van der Waals surface area contributed by atoms with E-state index in [9.17, 15) is 0 Å². The van der Waals surface area contributed by atoms with Crippen LogP contribution in [0.2, 0.25) is 0 Å². The molecular weight excluding hydrogens is 232 g/mol. The first-order valence-electron chi connectivity index (χ1n) is 6.70. The van der Waals surface area contributed by atoms with Crippen LogP contribution in [0.5, 0.6) is 0 Å². The monoisotopic (exact) mass is 246 g/mol. The van der Waals surface area contributed by atoms with Gasteiger partial charge in [-0.15, -0.1) is 0 Å². The average molecular weight is 246 g/mol. The summed E-state index contributed by atoms with van der Waals surface area (Å²) >= 11 is 0. The Morgan fingerprint density at radius 2 is 1.79 bits per heavy atom. The molecule has 0 N–H and O–H groups in total. The highest BCUT2D eigenvalue weighted by molar-refractivity contribution is 6.08. The number of hydrogen-bond acceptors (Lipinski definition) is 1. The van der Waals surface area contributed by atoms with E-state index in [0.29, 0.717) is 0 Å². The summed E-state index contributed by atoms with van der Waals surface area (Å²) < 4.78 is 6.07. The Bertz CT molecular complexity index is 818. The molecule has 0 bridgehead atoms. The first-order valence-corrected chi connectivity index (χ1v) is 6.70. The van der Waals surface area contributed by atoms with Crippen LogP contribution in [0.25, 0.3) is 27.5 Å². The molecule has 0 radical (unpaired) electrons. The fourth-order valence-corrected chi connectivity index (χ4v) is 2.83. The van der Waals surface area contributed by atoms with E-state index in [0.717, 1.165) is 24.0 Å². The van der Waals surface area contributed by atoms with Crippen molar-refractivity contribution < 1.29 is 4.42 Å². The van der Waals surface area contributed by atoms with Gasteiger partial charge < -0.3 is 4.42 Å². The zero-order valence-corrected chi connectivity index (χ0v) is 10.6. The second-order valence-electron chi connectivity index (χ2n) is 4.94. The minimum Gasteiger partial charge on any atom is -0.455 e. The molecule has 0 atom stereocenters. The highest BCUT2D eigenvalue weighted by Crippen LogP contribution is 2.35. The normalized spacial score (nSPS) is 15.1. The van der Waals surface area contributed by atoms with Crippen LogP contribution < -0.4 is 0 Å². The van der Waals surface area contributed by atoms with Crippen molar-refractivity contribution in [1.29, 1.82) is 0 Å². The molecule has 92 valence electrons. The van der Waals surface area contributed by atoms with Crippen LogP contribution in [0.1, 0.15) is 18.4 Å². The predicted octanol–water partition coefficient (Wildman–Crippen LogP) is 5.32. The van der Waals surface area contributed by atoms with Crippen LogP contribution in [0, 0.1) is 0 Å². The van der Waals surface area contributed by atoms with E-state index in [2.05, 4.69) is 48.6 Å². The van der Waals surface area contributed by atoms with Crippen LogP contribution in [0.15, 0.2) is 65.1 Å². The number of hydrogen-bond donors (Lipinski definition) is 0. The molecule has 1 aliphatic carbocycles. The van der Waals surface area contributed by atoms with Crippen LogP contribution in [0.4, 0.5) is 0 Å². The topological polar surface area (TPSA) is 13.1 Å². The number of fused-ring (bicyclic) bond motifs is 3. The fourth-order valence-electron chi connectivity index (χ4n) is 2.83. The summed E-state index contributed by atoms with van der Waals surface area (Å²) in [6, 6.07) is 14.7. The maximum atomic E-state index is 6.07. The molecule has 0 spiro atoms. The van der Waals surface area contributed by atoms with Gasteiger partial charge in [0.15, 0.2) is 0 Å². The Morgan fingerprint density at radius 1 is 0.895 bits per heavy atom. The smallest absolute Gasteiger partial charge is 0.142 e. The largest absolute Gasteiger partial charge is 0.455 e. The van der Waals surface area contributed by atoms with Crippen molar-refractivity contribution in [3.63, 3.8) is 0 Å². The van der Waals surface area contributed by atoms with Gasteiger partial charge in [0.2, 0.25) is 0 Å².